The molecule has 6 bridgehead atoms. The summed E-state index contributed by atoms with van der Waals surface area (Å²) < 4.78 is 7.72. The molecule has 7 heteroatoms. The van der Waals surface area contributed by atoms with Crippen molar-refractivity contribution in [2.45, 2.75) is 73.1 Å². The normalized spacial score (nSPS) is 48.9. The zero-order valence-corrected chi connectivity index (χ0v) is 25.7. The molecule has 232 valence electrons. The summed E-state index contributed by atoms with van der Waals surface area (Å²) in [5.41, 5.74) is 9.11. The van der Waals surface area contributed by atoms with E-state index < -0.39 is 0 Å². The van der Waals surface area contributed by atoms with E-state index >= 15 is 0 Å². The van der Waals surface area contributed by atoms with E-state index in [-0.39, 0.29) is 36.5 Å². The van der Waals surface area contributed by atoms with Gasteiger partial charge < -0.3 is 24.7 Å². The molecule has 2 spiro atoms. The van der Waals surface area contributed by atoms with Crippen LogP contribution in [0, 0.1) is 23.7 Å². The van der Waals surface area contributed by atoms with Crippen LogP contribution in [0.25, 0.3) is 0 Å². The fraction of sp³-hybridized carbons (Fsp3) is 0.579. The molecule has 45 heavy (non-hydrogen) atoms. The standard InChI is InChI=1S/C38H42N4O3/c43-15-9-21-19-39-13-11-37-25-5-1-3-7-27(25)41-33(37)31(23(21)17-29(37)39)36-42-28-8-4-2-6-26(28)38-12-14-40-20-22(10-16-44)24(18-30(38)40)32(34(38)42)35(41)45-36/h1-10,23-24,29-36,43-44H,11-20H2. The molecule has 6 saturated heterocycles. The predicted molar refractivity (Wildman–Crippen MR) is 171 cm³/mol. The Kier molecular flexibility index (Phi) is 4.65. The Bertz CT molecular complexity index is 1600. The van der Waals surface area contributed by atoms with E-state index in [1.165, 1.54) is 35.4 Å². The van der Waals surface area contributed by atoms with Gasteiger partial charge in [-0.15, -0.1) is 0 Å². The van der Waals surface area contributed by atoms with Crippen molar-refractivity contribution in [3.63, 3.8) is 0 Å². The van der Waals surface area contributed by atoms with Crippen molar-refractivity contribution in [1.29, 1.82) is 0 Å². The lowest BCUT2D eigenvalue weighted by Gasteiger charge is -2.69. The van der Waals surface area contributed by atoms with Gasteiger partial charge in [0.05, 0.1) is 25.3 Å². The minimum Gasteiger partial charge on any atom is -0.392 e. The summed E-state index contributed by atoms with van der Waals surface area (Å²) in [6.07, 6.45) is 9.08. The number of hydrogen-bond donors (Lipinski definition) is 2. The maximum atomic E-state index is 10.3. The van der Waals surface area contributed by atoms with Crippen molar-refractivity contribution in [3.05, 3.63) is 83.0 Å². The van der Waals surface area contributed by atoms with Crippen LogP contribution in [0.1, 0.15) is 36.8 Å². The molecule has 7 nitrogen and oxygen atoms in total. The van der Waals surface area contributed by atoms with Crippen LogP contribution in [-0.2, 0) is 15.6 Å². The third-order valence-electron chi connectivity index (χ3n) is 15.2. The maximum absolute atomic E-state index is 10.3. The van der Waals surface area contributed by atoms with Crippen molar-refractivity contribution in [3.8, 4) is 0 Å². The van der Waals surface area contributed by atoms with Gasteiger partial charge in [0.25, 0.3) is 0 Å². The second-order valence-electron chi connectivity index (χ2n) is 16.0. The largest absolute Gasteiger partial charge is 0.392 e. The number of piperidine rings is 2. The van der Waals surface area contributed by atoms with Gasteiger partial charge in [-0.2, -0.15) is 0 Å². The molecule has 0 amide bonds. The Morgan fingerprint density at radius 1 is 0.689 bits per heavy atom. The zero-order chi connectivity index (χ0) is 29.4. The highest BCUT2D eigenvalue weighted by Crippen LogP contribution is 2.72. The molecule has 2 N–H and O–H groups in total. The second-order valence-corrected chi connectivity index (χ2v) is 16.0. The first-order valence-electron chi connectivity index (χ1n) is 17.7. The Hall–Kier alpha value is -2.68. The highest BCUT2D eigenvalue weighted by Gasteiger charge is 2.78. The second kappa shape index (κ2) is 8.23. The number of para-hydroxylation sites is 2. The molecule has 0 aromatic heterocycles. The van der Waals surface area contributed by atoms with Crippen LogP contribution in [0.4, 0.5) is 11.4 Å². The lowest BCUT2D eigenvalue weighted by Crippen LogP contribution is -2.81. The highest BCUT2D eigenvalue weighted by molar-refractivity contribution is 5.73. The van der Waals surface area contributed by atoms with Gasteiger partial charge in [0, 0.05) is 59.2 Å². The van der Waals surface area contributed by atoms with E-state index in [1.54, 1.807) is 11.1 Å². The number of benzene rings is 2. The summed E-state index contributed by atoms with van der Waals surface area (Å²) in [5.74, 6) is 1.48. The summed E-state index contributed by atoms with van der Waals surface area (Å²) in [7, 11) is 0. The Balaban J connectivity index is 1.15. The Morgan fingerprint density at radius 3 is 1.62 bits per heavy atom. The lowest BCUT2D eigenvalue weighted by molar-refractivity contribution is -0.198. The minimum atomic E-state index is 0.0163. The Morgan fingerprint density at radius 2 is 1.16 bits per heavy atom. The van der Waals surface area contributed by atoms with Crippen LogP contribution in [0.15, 0.2) is 71.8 Å². The first-order chi connectivity index (χ1) is 22.2. The third kappa shape index (κ3) is 2.58. The van der Waals surface area contributed by atoms with Crippen LogP contribution in [-0.4, -0.2) is 96.0 Å². The van der Waals surface area contributed by atoms with Crippen LogP contribution >= 0.6 is 0 Å². The first-order valence-corrected chi connectivity index (χ1v) is 17.7. The molecule has 2 aromatic carbocycles. The number of anilines is 2. The summed E-state index contributed by atoms with van der Waals surface area (Å²) in [5, 5.41) is 20.5. The number of ether oxygens (including phenoxy) is 1. The lowest BCUT2D eigenvalue weighted by atomic mass is 9.51. The smallest absolute Gasteiger partial charge is 0.138 e. The van der Waals surface area contributed by atoms with Gasteiger partial charge in [0.2, 0.25) is 0 Å². The number of aliphatic hydroxyl groups is 2. The van der Waals surface area contributed by atoms with E-state index in [1.807, 2.05) is 0 Å². The van der Waals surface area contributed by atoms with Crippen molar-refractivity contribution < 1.29 is 14.9 Å². The monoisotopic (exact) mass is 602 g/mol. The summed E-state index contributed by atoms with van der Waals surface area (Å²) in [4.78, 5) is 11.3. The molecule has 8 heterocycles. The number of nitrogens with zero attached hydrogens (tertiary/aromatic N) is 4. The number of fused-ring (bicyclic) bond motifs is 14. The van der Waals surface area contributed by atoms with E-state index in [2.05, 4.69) is 80.3 Å². The molecule has 10 aliphatic rings. The Labute approximate surface area is 264 Å². The molecular formula is C38H42N4O3. The highest BCUT2D eigenvalue weighted by atomic mass is 16.5. The van der Waals surface area contributed by atoms with Crippen molar-refractivity contribution in [1.82, 2.24) is 9.80 Å². The zero-order valence-electron chi connectivity index (χ0n) is 25.7. The van der Waals surface area contributed by atoms with Gasteiger partial charge in [-0.1, -0.05) is 59.7 Å². The van der Waals surface area contributed by atoms with Gasteiger partial charge in [-0.3, -0.25) is 9.80 Å². The summed E-state index contributed by atoms with van der Waals surface area (Å²) in [6.45, 7) is 4.47. The van der Waals surface area contributed by atoms with E-state index in [0.29, 0.717) is 47.8 Å². The molecule has 2 aromatic rings. The molecule has 12 unspecified atom stereocenters. The van der Waals surface area contributed by atoms with E-state index in [0.717, 1.165) is 39.0 Å². The van der Waals surface area contributed by atoms with Crippen LogP contribution in [0.5, 0.6) is 0 Å². The van der Waals surface area contributed by atoms with Gasteiger partial charge in [0.1, 0.15) is 12.5 Å². The van der Waals surface area contributed by atoms with E-state index in [4.69, 9.17) is 4.74 Å². The third-order valence-corrected chi connectivity index (χ3v) is 15.2. The fourth-order valence-electron chi connectivity index (χ4n) is 14.3. The van der Waals surface area contributed by atoms with Gasteiger partial charge in [0.15, 0.2) is 0 Å². The average molecular weight is 603 g/mol. The number of rotatable bonds is 2. The summed E-state index contributed by atoms with van der Waals surface area (Å²) >= 11 is 0. The summed E-state index contributed by atoms with van der Waals surface area (Å²) in [6, 6.07) is 20.7. The maximum Gasteiger partial charge on any atom is 0.138 e. The molecule has 8 aliphatic heterocycles. The van der Waals surface area contributed by atoms with Crippen molar-refractivity contribution in [2.75, 3.05) is 49.2 Å². The predicted octanol–water partition coefficient (Wildman–Crippen LogP) is 3.22. The van der Waals surface area contributed by atoms with Gasteiger partial charge in [-0.25, -0.2) is 0 Å². The molecule has 12 rings (SSSR count). The quantitative estimate of drug-likeness (QED) is 0.512. The molecule has 2 aliphatic carbocycles. The molecule has 12 atom stereocenters. The van der Waals surface area contributed by atoms with E-state index in [9.17, 15) is 10.2 Å². The molecule has 2 saturated carbocycles. The fourth-order valence-corrected chi connectivity index (χ4v) is 14.3. The molecule has 8 fully saturated rings. The first kappa shape index (κ1) is 25.4. The number of aliphatic hydroxyl groups excluding tert-OH is 2. The molecule has 0 radical (unpaired) electrons. The number of hydrogen-bond acceptors (Lipinski definition) is 7. The topological polar surface area (TPSA) is 62.7 Å². The molecular weight excluding hydrogens is 560 g/mol. The van der Waals surface area contributed by atoms with Crippen molar-refractivity contribution in [2.24, 2.45) is 23.7 Å². The SMILES string of the molecule is OCC=C1CN2CCC34c5ccccc5N5C6OC(C(C1CC23)C54)N1c2ccccc2C23CCN4CC(=CCO)C(CC42)C6C13. The average Bonchev–Trinajstić information content (AvgIpc) is 3.81. The minimum absolute atomic E-state index is 0.0163. The van der Waals surface area contributed by atoms with Crippen molar-refractivity contribution >= 4 is 11.4 Å². The van der Waals surface area contributed by atoms with Gasteiger partial charge in [-0.05, 0) is 73.9 Å². The van der Waals surface area contributed by atoms with Crippen LogP contribution in [0.2, 0.25) is 0 Å². The van der Waals surface area contributed by atoms with Crippen LogP contribution in [0.3, 0.4) is 0 Å². The van der Waals surface area contributed by atoms with Gasteiger partial charge >= 0.3 is 0 Å². The van der Waals surface area contributed by atoms with Crippen LogP contribution < -0.4 is 9.80 Å².